The van der Waals surface area contributed by atoms with Gasteiger partial charge in [0.1, 0.15) is 0 Å². The van der Waals surface area contributed by atoms with Crippen molar-refractivity contribution in [1.29, 1.82) is 0 Å². The van der Waals surface area contributed by atoms with Crippen LogP contribution >= 0.6 is 0 Å². The molecule has 0 aliphatic rings. The largest absolute Gasteiger partial charge is 0.481 e. The molecular weight excluding hydrogens is 268 g/mol. The number of aliphatic carboxylic acids is 1. The number of carbonyl (C=O) groups excluding carboxylic acids is 1. The molecular formula is C13H16O5S. The third-order valence-electron chi connectivity index (χ3n) is 2.72. The topological polar surface area (TPSA) is 88.5 Å². The number of Topliss-reactive ketones (excluding diaryl/α,β-unsaturated/α-hetero) is 1. The van der Waals surface area contributed by atoms with Crippen molar-refractivity contribution in [3.63, 3.8) is 0 Å². The van der Waals surface area contributed by atoms with Crippen LogP contribution in [0.4, 0.5) is 0 Å². The van der Waals surface area contributed by atoms with Crippen molar-refractivity contribution < 1.29 is 23.1 Å². The van der Waals surface area contributed by atoms with Crippen LogP contribution < -0.4 is 0 Å². The monoisotopic (exact) mass is 284 g/mol. The van der Waals surface area contributed by atoms with Gasteiger partial charge in [-0.1, -0.05) is 18.6 Å². The summed E-state index contributed by atoms with van der Waals surface area (Å²) in [5.74, 6) is -1.64. The minimum Gasteiger partial charge on any atom is -0.481 e. The van der Waals surface area contributed by atoms with E-state index < -0.39 is 21.6 Å². The fourth-order valence-corrected chi connectivity index (χ4v) is 2.74. The molecule has 0 atom stereocenters. The normalized spacial score (nSPS) is 11.3. The maximum absolute atomic E-state index is 12.0. The average molecular weight is 284 g/mol. The van der Waals surface area contributed by atoms with E-state index in [9.17, 15) is 18.0 Å². The molecule has 0 saturated heterocycles. The van der Waals surface area contributed by atoms with Crippen LogP contribution in [-0.2, 0) is 14.6 Å². The third-order valence-corrected chi connectivity index (χ3v) is 4.50. The van der Waals surface area contributed by atoms with Crippen LogP contribution in [0.1, 0.15) is 35.7 Å². The molecule has 104 valence electrons. The number of ketones is 1. The standard InChI is InChI=1S/C13H16O5S/c1-3-19(17,18)12-6-4-9(2)8-10(12)11(14)5-7-13(15)16/h4,6,8H,3,5,7H2,1-2H3,(H,15,16). The summed E-state index contributed by atoms with van der Waals surface area (Å²) in [7, 11) is -3.50. The third kappa shape index (κ3) is 3.89. The smallest absolute Gasteiger partial charge is 0.303 e. The van der Waals surface area contributed by atoms with E-state index in [0.717, 1.165) is 5.56 Å². The number of carboxylic acids is 1. The molecule has 0 aliphatic carbocycles. The van der Waals surface area contributed by atoms with Crippen molar-refractivity contribution in [1.82, 2.24) is 0 Å². The second kappa shape index (κ2) is 5.97. The Kier molecular flexibility index (Phi) is 4.83. The second-order valence-corrected chi connectivity index (χ2v) is 6.47. The van der Waals surface area contributed by atoms with E-state index in [0.29, 0.717) is 0 Å². The molecule has 0 heterocycles. The fraction of sp³-hybridized carbons (Fsp3) is 0.385. The molecule has 1 rings (SSSR count). The Morgan fingerprint density at radius 3 is 2.37 bits per heavy atom. The fourth-order valence-electron chi connectivity index (χ4n) is 1.64. The van der Waals surface area contributed by atoms with Crippen LogP contribution in [0.3, 0.4) is 0 Å². The molecule has 19 heavy (non-hydrogen) atoms. The van der Waals surface area contributed by atoms with E-state index in [4.69, 9.17) is 5.11 Å². The van der Waals surface area contributed by atoms with Crippen LogP contribution in [0.5, 0.6) is 0 Å². The summed E-state index contributed by atoms with van der Waals surface area (Å²) in [6.45, 7) is 3.25. The lowest BCUT2D eigenvalue weighted by Crippen LogP contribution is -2.12. The van der Waals surface area contributed by atoms with Gasteiger partial charge in [-0.05, 0) is 19.1 Å². The second-order valence-electron chi connectivity index (χ2n) is 4.22. The number of rotatable bonds is 6. The van der Waals surface area contributed by atoms with Crippen LogP contribution in [0.2, 0.25) is 0 Å². The van der Waals surface area contributed by atoms with Crippen molar-refractivity contribution >= 4 is 21.6 Å². The van der Waals surface area contributed by atoms with Crippen LogP contribution in [0.15, 0.2) is 23.1 Å². The Balaban J connectivity index is 3.22. The minimum atomic E-state index is -3.50. The van der Waals surface area contributed by atoms with E-state index in [1.165, 1.54) is 19.1 Å². The first-order valence-electron chi connectivity index (χ1n) is 5.86. The summed E-state index contributed by atoms with van der Waals surface area (Å²) in [5.41, 5.74) is 0.844. The molecule has 5 nitrogen and oxygen atoms in total. The summed E-state index contributed by atoms with van der Waals surface area (Å²) in [4.78, 5) is 22.4. The lowest BCUT2D eigenvalue weighted by Gasteiger charge is -2.09. The van der Waals surface area contributed by atoms with Gasteiger partial charge in [0, 0.05) is 12.0 Å². The molecule has 0 bridgehead atoms. The molecule has 0 amide bonds. The van der Waals surface area contributed by atoms with Gasteiger partial charge in [-0.15, -0.1) is 0 Å². The molecule has 1 aromatic rings. The Hall–Kier alpha value is -1.69. The Morgan fingerprint density at radius 1 is 1.21 bits per heavy atom. The van der Waals surface area contributed by atoms with Gasteiger partial charge in [-0.25, -0.2) is 8.42 Å². The van der Waals surface area contributed by atoms with Gasteiger partial charge in [0.05, 0.1) is 17.1 Å². The van der Waals surface area contributed by atoms with Crippen LogP contribution in [0, 0.1) is 6.92 Å². The first kappa shape index (κ1) is 15.4. The van der Waals surface area contributed by atoms with Crippen LogP contribution in [-0.4, -0.2) is 31.0 Å². The van der Waals surface area contributed by atoms with Gasteiger partial charge in [-0.3, -0.25) is 9.59 Å². The zero-order valence-electron chi connectivity index (χ0n) is 10.8. The molecule has 0 aromatic heterocycles. The SMILES string of the molecule is CCS(=O)(=O)c1ccc(C)cc1C(=O)CCC(=O)O. The molecule has 1 N–H and O–H groups in total. The predicted octanol–water partition coefficient (Wildman–Crippen LogP) is 1.84. The lowest BCUT2D eigenvalue weighted by molar-refractivity contribution is -0.136. The number of hydrogen-bond acceptors (Lipinski definition) is 4. The Bertz CT molecular complexity index is 601. The van der Waals surface area contributed by atoms with Crippen molar-refractivity contribution in [2.45, 2.75) is 31.6 Å². The molecule has 0 spiro atoms. The van der Waals surface area contributed by atoms with E-state index >= 15 is 0 Å². The van der Waals surface area contributed by atoms with E-state index in [2.05, 4.69) is 0 Å². The summed E-state index contributed by atoms with van der Waals surface area (Å²) in [6.07, 6.45) is -0.511. The Morgan fingerprint density at radius 2 is 1.84 bits per heavy atom. The first-order valence-corrected chi connectivity index (χ1v) is 7.51. The molecule has 0 radical (unpaired) electrons. The quantitative estimate of drug-likeness (QED) is 0.805. The zero-order valence-corrected chi connectivity index (χ0v) is 11.7. The molecule has 6 heteroatoms. The predicted molar refractivity (Wildman–Crippen MR) is 70.1 cm³/mol. The number of benzene rings is 1. The van der Waals surface area contributed by atoms with Crippen molar-refractivity contribution in [3.05, 3.63) is 29.3 Å². The number of carbonyl (C=O) groups is 2. The van der Waals surface area contributed by atoms with Crippen molar-refractivity contribution in [2.75, 3.05) is 5.75 Å². The number of carboxylic acid groups (broad SMARTS) is 1. The first-order chi connectivity index (χ1) is 8.77. The van der Waals surface area contributed by atoms with E-state index in [-0.39, 0.29) is 29.1 Å². The maximum atomic E-state index is 12.0. The molecule has 0 fully saturated rings. The van der Waals surface area contributed by atoms with E-state index in [1.54, 1.807) is 13.0 Å². The Labute approximate surface area is 112 Å². The van der Waals surface area contributed by atoms with Gasteiger partial charge in [-0.2, -0.15) is 0 Å². The summed E-state index contributed by atoms with van der Waals surface area (Å²) in [6, 6.07) is 4.52. The van der Waals surface area contributed by atoms with Gasteiger partial charge in [0.25, 0.3) is 0 Å². The summed E-state index contributed by atoms with van der Waals surface area (Å²) in [5, 5.41) is 8.57. The molecule has 1 aromatic carbocycles. The maximum Gasteiger partial charge on any atom is 0.303 e. The molecule has 0 saturated carbocycles. The lowest BCUT2D eigenvalue weighted by atomic mass is 10.0. The molecule has 0 aliphatic heterocycles. The highest BCUT2D eigenvalue weighted by Crippen LogP contribution is 2.21. The van der Waals surface area contributed by atoms with Crippen LogP contribution in [0.25, 0.3) is 0 Å². The highest BCUT2D eigenvalue weighted by Gasteiger charge is 2.21. The van der Waals surface area contributed by atoms with Gasteiger partial charge in [0.15, 0.2) is 15.6 Å². The van der Waals surface area contributed by atoms with E-state index in [1.807, 2.05) is 0 Å². The minimum absolute atomic E-state index is 0.0176. The summed E-state index contributed by atoms with van der Waals surface area (Å²) >= 11 is 0. The zero-order chi connectivity index (χ0) is 14.6. The van der Waals surface area contributed by atoms with Crippen molar-refractivity contribution in [2.24, 2.45) is 0 Å². The number of hydrogen-bond donors (Lipinski definition) is 1. The highest BCUT2D eigenvalue weighted by atomic mass is 32.2. The summed E-state index contributed by atoms with van der Waals surface area (Å²) < 4.78 is 23.8. The number of aryl methyl sites for hydroxylation is 1. The molecule has 0 unspecified atom stereocenters. The average Bonchev–Trinajstić information content (AvgIpc) is 2.35. The van der Waals surface area contributed by atoms with Crippen molar-refractivity contribution in [3.8, 4) is 0 Å². The highest BCUT2D eigenvalue weighted by molar-refractivity contribution is 7.91. The van der Waals surface area contributed by atoms with Gasteiger partial charge in [0.2, 0.25) is 0 Å². The van der Waals surface area contributed by atoms with Gasteiger partial charge >= 0.3 is 5.97 Å². The number of sulfone groups is 1. The van der Waals surface area contributed by atoms with Gasteiger partial charge < -0.3 is 5.11 Å².